The molecule has 0 saturated carbocycles. The number of H-pyrrole nitrogens is 1. The Labute approximate surface area is 162 Å². The Kier molecular flexibility index (Phi) is 6.06. The van der Waals surface area contributed by atoms with E-state index in [-0.39, 0.29) is 23.9 Å². The molecule has 1 unspecified atom stereocenters. The smallest absolute Gasteiger partial charge is 0.251 e. The maximum Gasteiger partial charge on any atom is 0.251 e. The molecule has 0 radical (unpaired) electrons. The van der Waals surface area contributed by atoms with Crippen LogP contribution in [0.5, 0.6) is 0 Å². The van der Waals surface area contributed by atoms with Gasteiger partial charge in [-0.05, 0) is 48.8 Å². The Hall–Kier alpha value is -2.47. The Morgan fingerprint density at radius 2 is 2.11 bits per heavy atom. The van der Waals surface area contributed by atoms with E-state index in [1.165, 1.54) is 0 Å². The van der Waals surface area contributed by atoms with E-state index in [9.17, 15) is 9.59 Å². The van der Waals surface area contributed by atoms with Crippen molar-refractivity contribution in [3.05, 3.63) is 62.3 Å². The zero-order valence-electron chi connectivity index (χ0n) is 15.9. The number of aromatic nitrogens is 2. The number of thiazole rings is 1. The topological polar surface area (TPSA) is 74.8 Å². The lowest BCUT2D eigenvalue weighted by Gasteiger charge is -2.18. The maximum atomic E-state index is 12.5. The van der Waals surface area contributed by atoms with Crippen molar-refractivity contribution in [1.29, 1.82) is 0 Å². The molecule has 0 saturated heterocycles. The molecule has 142 valence electrons. The largest absolute Gasteiger partial charge is 0.347 e. The van der Waals surface area contributed by atoms with Crippen molar-refractivity contribution >= 4 is 28.1 Å². The number of aryl methyl sites for hydroxylation is 2. The van der Waals surface area contributed by atoms with Gasteiger partial charge in [-0.3, -0.25) is 9.59 Å². The zero-order valence-corrected chi connectivity index (χ0v) is 16.7. The number of benzene rings is 1. The SMILES string of the molecule is Cc1ccc2cc(CCC(=O)NC(CC(C)C)c3nccs3)c(=O)[nH]c2c1. The fourth-order valence-corrected chi connectivity index (χ4v) is 3.86. The third kappa shape index (κ3) is 5.04. The summed E-state index contributed by atoms with van der Waals surface area (Å²) in [7, 11) is 0. The molecule has 0 aliphatic heterocycles. The van der Waals surface area contributed by atoms with Crippen molar-refractivity contribution in [1.82, 2.24) is 15.3 Å². The zero-order chi connectivity index (χ0) is 19.4. The third-order valence-corrected chi connectivity index (χ3v) is 5.38. The minimum atomic E-state index is -0.125. The van der Waals surface area contributed by atoms with E-state index in [1.807, 2.05) is 36.6 Å². The van der Waals surface area contributed by atoms with Gasteiger partial charge in [-0.1, -0.05) is 26.0 Å². The summed E-state index contributed by atoms with van der Waals surface area (Å²) in [6.07, 6.45) is 3.29. The molecule has 27 heavy (non-hydrogen) atoms. The molecule has 2 aromatic heterocycles. The second-order valence-corrected chi connectivity index (χ2v) is 8.26. The van der Waals surface area contributed by atoms with Gasteiger partial charge >= 0.3 is 0 Å². The van der Waals surface area contributed by atoms with Gasteiger partial charge in [-0.2, -0.15) is 0 Å². The Balaban J connectivity index is 1.67. The lowest BCUT2D eigenvalue weighted by atomic mass is 10.0. The minimum Gasteiger partial charge on any atom is -0.347 e. The van der Waals surface area contributed by atoms with Crippen molar-refractivity contribution < 1.29 is 4.79 Å². The molecule has 3 rings (SSSR count). The average molecular weight is 384 g/mol. The van der Waals surface area contributed by atoms with Crippen molar-refractivity contribution in [3.63, 3.8) is 0 Å². The van der Waals surface area contributed by atoms with Crippen LogP contribution >= 0.6 is 11.3 Å². The Morgan fingerprint density at radius 3 is 2.81 bits per heavy atom. The Bertz CT molecular complexity index is 977. The average Bonchev–Trinajstić information content (AvgIpc) is 3.13. The van der Waals surface area contributed by atoms with Gasteiger partial charge in [0.25, 0.3) is 5.56 Å². The molecule has 1 aromatic carbocycles. The molecule has 2 N–H and O–H groups in total. The molecule has 2 heterocycles. The van der Waals surface area contributed by atoms with Crippen LogP contribution in [0.3, 0.4) is 0 Å². The van der Waals surface area contributed by atoms with Gasteiger partial charge in [0, 0.05) is 29.1 Å². The molecule has 0 aliphatic rings. The number of amides is 1. The first-order valence-corrected chi connectivity index (χ1v) is 10.1. The molecule has 3 aromatic rings. The number of carbonyl (C=O) groups is 1. The number of pyridine rings is 1. The Morgan fingerprint density at radius 1 is 1.30 bits per heavy atom. The highest BCUT2D eigenvalue weighted by Gasteiger charge is 2.18. The minimum absolute atomic E-state index is 0.0562. The van der Waals surface area contributed by atoms with Gasteiger partial charge in [0.15, 0.2) is 0 Å². The summed E-state index contributed by atoms with van der Waals surface area (Å²) in [6.45, 7) is 6.25. The first kappa shape index (κ1) is 19.3. The maximum absolute atomic E-state index is 12.5. The van der Waals surface area contributed by atoms with Crippen LogP contribution in [0.15, 0.2) is 40.6 Å². The first-order valence-electron chi connectivity index (χ1n) is 9.23. The number of aromatic amines is 1. The summed E-state index contributed by atoms with van der Waals surface area (Å²) in [5, 5.41) is 6.91. The number of carbonyl (C=O) groups excluding carboxylic acids is 1. The number of nitrogens with zero attached hydrogens (tertiary/aromatic N) is 1. The summed E-state index contributed by atoms with van der Waals surface area (Å²) in [4.78, 5) is 32.1. The third-order valence-electron chi connectivity index (χ3n) is 4.49. The number of rotatable bonds is 7. The standard InChI is InChI=1S/C21H25N3O2S/c1-13(2)10-18(21-22-8-9-27-21)23-19(25)7-6-16-12-15-5-4-14(3)11-17(15)24-20(16)26/h4-5,8-9,11-13,18H,6-7,10H2,1-3H3,(H,23,25)(H,24,26). The van der Waals surface area contributed by atoms with Crippen LogP contribution in [0, 0.1) is 12.8 Å². The highest BCUT2D eigenvalue weighted by molar-refractivity contribution is 7.09. The van der Waals surface area contributed by atoms with Gasteiger partial charge in [0.1, 0.15) is 5.01 Å². The van der Waals surface area contributed by atoms with Gasteiger partial charge in [-0.25, -0.2) is 4.98 Å². The van der Waals surface area contributed by atoms with E-state index < -0.39 is 0 Å². The van der Waals surface area contributed by atoms with Crippen LogP contribution in [-0.4, -0.2) is 15.9 Å². The van der Waals surface area contributed by atoms with Gasteiger partial charge in [0.05, 0.1) is 6.04 Å². The fourth-order valence-electron chi connectivity index (χ4n) is 3.16. The van der Waals surface area contributed by atoms with Crippen LogP contribution in [0.25, 0.3) is 10.9 Å². The van der Waals surface area contributed by atoms with Gasteiger partial charge in [0.2, 0.25) is 5.91 Å². The molecule has 0 fully saturated rings. The van der Waals surface area contributed by atoms with Crippen molar-refractivity contribution in [2.75, 3.05) is 0 Å². The second kappa shape index (κ2) is 8.48. The number of fused-ring (bicyclic) bond motifs is 1. The quantitative estimate of drug-likeness (QED) is 0.644. The first-order chi connectivity index (χ1) is 12.9. The number of hydrogen-bond acceptors (Lipinski definition) is 4. The van der Waals surface area contributed by atoms with E-state index in [2.05, 4.69) is 29.1 Å². The molecule has 1 amide bonds. The summed E-state index contributed by atoms with van der Waals surface area (Å²) < 4.78 is 0. The van der Waals surface area contributed by atoms with Crippen LogP contribution in [-0.2, 0) is 11.2 Å². The van der Waals surface area contributed by atoms with Gasteiger partial charge in [-0.15, -0.1) is 11.3 Å². The van der Waals surface area contributed by atoms with Crippen LogP contribution in [0.2, 0.25) is 0 Å². The molecule has 0 aliphatic carbocycles. The fraction of sp³-hybridized carbons (Fsp3) is 0.381. The highest BCUT2D eigenvalue weighted by atomic mass is 32.1. The lowest BCUT2D eigenvalue weighted by Crippen LogP contribution is -2.30. The monoisotopic (exact) mass is 383 g/mol. The van der Waals surface area contributed by atoms with Gasteiger partial charge < -0.3 is 10.3 Å². The van der Waals surface area contributed by atoms with Crippen LogP contribution in [0.1, 0.15) is 48.9 Å². The summed E-state index contributed by atoms with van der Waals surface area (Å²) in [5.41, 5.74) is 2.44. The molecule has 6 heteroatoms. The summed E-state index contributed by atoms with van der Waals surface area (Å²) >= 11 is 1.55. The number of hydrogen-bond donors (Lipinski definition) is 2. The molecular weight excluding hydrogens is 358 g/mol. The highest BCUT2D eigenvalue weighted by Crippen LogP contribution is 2.23. The molecular formula is C21H25N3O2S. The van der Waals surface area contributed by atoms with Crippen LogP contribution in [0.4, 0.5) is 0 Å². The van der Waals surface area contributed by atoms with Crippen molar-refractivity contribution in [2.24, 2.45) is 5.92 Å². The van der Waals surface area contributed by atoms with E-state index in [0.717, 1.165) is 27.9 Å². The van der Waals surface area contributed by atoms with Crippen molar-refractivity contribution in [2.45, 2.75) is 46.1 Å². The predicted octanol–water partition coefficient (Wildman–Crippen LogP) is 4.13. The summed E-state index contributed by atoms with van der Waals surface area (Å²) in [6, 6.07) is 7.77. The predicted molar refractivity (Wildman–Crippen MR) is 110 cm³/mol. The summed E-state index contributed by atoms with van der Waals surface area (Å²) in [5.74, 6) is 0.394. The van der Waals surface area contributed by atoms with E-state index in [0.29, 0.717) is 17.9 Å². The molecule has 0 bridgehead atoms. The normalized spacial score (nSPS) is 12.4. The molecule has 5 nitrogen and oxygen atoms in total. The number of nitrogens with one attached hydrogen (secondary N) is 2. The van der Waals surface area contributed by atoms with E-state index in [1.54, 1.807) is 17.5 Å². The van der Waals surface area contributed by atoms with Crippen molar-refractivity contribution in [3.8, 4) is 0 Å². The van der Waals surface area contributed by atoms with Crippen LogP contribution < -0.4 is 10.9 Å². The molecule has 0 spiro atoms. The van der Waals surface area contributed by atoms with E-state index >= 15 is 0 Å². The lowest BCUT2D eigenvalue weighted by molar-refractivity contribution is -0.121. The molecule has 1 atom stereocenters. The second-order valence-electron chi connectivity index (χ2n) is 7.33. The van der Waals surface area contributed by atoms with E-state index in [4.69, 9.17) is 0 Å².